The molecule has 0 amide bonds. The van der Waals surface area contributed by atoms with E-state index in [0.29, 0.717) is 5.92 Å². The summed E-state index contributed by atoms with van der Waals surface area (Å²) in [4.78, 5) is 15.0. The van der Waals surface area contributed by atoms with Crippen LogP contribution in [0.25, 0.3) is 10.9 Å². The Morgan fingerprint density at radius 1 is 1.32 bits per heavy atom. The molecule has 0 saturated heterocycles. The molecule has 1 heterocycles. The summed E-state index contributed by atoms with van der Waals surface area (Å²) < 4.78 is 5.99. The fourth-order valence-corrected chi connectivity index (χ4v) is 3.11. The molecule has 3 rings (SSSR count). The van der Waals surface area contributed by atoms with Gasteiger partial charge in [-0.2, -0.15) is 0 Å². The van der Waals surface area contributed by atoms with Crippen molar-refractivity contribution in [1.82, 2.24) is 4.98 Å². The largest absolute Gasteiger partial charge is 0.493 e. The second-order valence-corrected chi connectivity index (χ2v) is 6.48. The number of benzene rings is 1. The fourth-order valence-electron chi connectivity index (χ4n) is 3.11. The van der Waals surface area contributed by atoms with Crippen LogP contribution in [-0.2, 0) is 6.42 Å². The van der Waals surface area contributed by atoms with E-state index in [9.17, 15) is 4.79 Å². The zero-order chi connectivity index (χ0) is 15.5. The molecular weight excluding hydrogens is 274 g/mol. The highest BCUT2D eigenvalue weighted by Crippen LogP contribution is 2.31. The van der Waals surface area contributed by atoms with Crippen LogP contribution in [0.3, 0.4) is 0 Å². The van der Waals surface area contributed by atoms with E-state index < -0.39 is 0 Å². The lowest BCUT2D eigenvalue weighted by atomic mass is 9.86. The Balaban J connectivity index is 1.93. The van der Waals surface area contributed by atoms with E-state index in [1.807, 2.05) is 6.92 Å². The number of nitrogens with one attached hydrogen (secondary N) is 1. The molecule has 1 aromatic carbocycles. The van der Waals surface area contributed by atoms with Gasteiger partial charge in [-0.25, -0.2) is 0 Å². The molecule has 0 spiro atoms. The number of aromatic nitrogens is 1. The second kappa shape index (κ2) is 6.55. The van der Waals surface area contributed by atoms with Crippen molar-refractivity contribution in [1.29, 1.82) is 0 Å². The van der Waals surface area contributed by atoms with Crippen molar-refractivity contribution in [3.8, 4) is 5.75 Å². The number of hydrogen-bond acceptors (Lipinski definition) is 2. The van der Waals surface area contributed by atoms with Crippen molar-refractivity contribution in [2.75, 3.05) is 6.61 Å². The average Bonchev–Trinajstić information content (AvgIpc) is 2.46. The summed E-state index contributed by atoms with van der Waals surface area (Å²) in [6.07, 6.45) is 7.10. The molecule has 0 aliphatic heterocycles. The van der Waals surface area contributed by atoms with Gasteiger partial charge >= 0.3 is 0 Å². The van der Waals surface area contributed by atoms with Crippen molar-refractivity contribution < 1.29 is 4.74 Å². The maximum Gasteiger partial charge on any atom is 0.248 e. The normalized spacial score (nSPS) is 15.0. The Labute approximate surface area is 131 Å². The lowest BCUT2D eigenvalue weighted by molar-refractivity contribution is 0.180. The number of hydrogen-bond donors (Lipinski definition) is 1. The molecule has 0 radical (unpaired) electrons. The van der Waals surface area contributed by atoms with Crippen molar-refractivity contribution in [2.45, 2.75) is 52.4 Å². The Morgan fingerprint density at radius 2 is 2.14 bits per heavy atom. The number of aryl methyl sites for hydroxylation is 2. The first-order valence-corrected chi connectivity index (χ1v) is 8.47. The van der Waals surface area contributed by atoms with Gasteiger partial charge in [0.15, 0.2) is 0 Å². The number of aromatic amines is 1. The SMILES string of the molecule is CCCCc1cc(=O)[nH]c2c(C)c(OCC3CCC3)ccc12. The minimum absolute atomic E-state index is 0.0159. The van der Waals surface area contributed by atoms with E-state index >= 15 is 0 Å². The van der Waals surface area contributed by atoms with Crippen molar-refractivity contribution in [3.05, 3.63) is 39.7 Å². The summed E-state index contributed by atoms with van der Waals surface area (Å²) in [7, 11) is 0. The first-order chi connectivity index (χ1) is 10.7. The highest BCUT2D eigenvalue weighted by Gasteiger charge is 2.18. The lowest BCUT2D eigenvalue weighted by Gasteiger charge is -2.25. The van der Waals surface area contributed by atoms with E-state index in [1.165, 1.54) is 19.3 Å². The maximum atomic E-state index is 12.0. The molecule has 1 saturated carbocycles. The van der Waals surface area contributed by atoms with Gasteiger partial charge in [0.25, 0.3) is 0 Å². The van der Waals surface area contributed by atoms with Crippen LogP contribution in [0.5, 0.6) is 5.75 Å². The molecule has 1 aromatic heterocycles. The highest BCUT2D eigenvalue weighted by atomic mass is 16.5. The fraction of sp³-hybridized carbons (Fsp3) is 0.526. The van der Waals surface area contributed by atoms with Crippen LogP contribution in [0.15, 0.2) is 23.0 Å². The molecule has 3 nitrogen and oxygen atoms in total. The molecule has 1 fully saturated rings. The topological polar surface area (TPSA) is 42.1 Å². The Morgan fingerprint density at radius 3 is 2.82 bits per heavy atom. The molecule has 22 heavy (non-hydrogen) atoms. The molecule has 3 heteroatoms. The zero-order valence-corrected chi connectivity index (χ0v) is 13.6. The molecular formula is C19H25NO2. The molecule has 0 atom stereocenters. The predicted octanol–water partition coefficient (Wildman–Crippen LogP) is 4.36. The second-order valence-electron chi connectivity index (χ2n) is 6.48. The van der Waals surface area contributed by atoms with Gasteiger partial charge in [0.05, 0.1) is 12.1 Å². The number of rotatable bonds is 6. The molecule has 0 unspecified atom stereocenters. The van der Waals surface area contributed by atoms with Crippen LogP contribution in [0.4, 0.5) is 0 Å². The third kappa shape index (κ3) is 3.03. The standard InChI is InChI=1S/C19H25NO2/c1-3-4-8-15-11-18(21)20-19-13(2)17(10-9-16(15)19)22-12-14-6-5-7-14/h9-11,14H,3-8,12H2,1-2H3,(H,20,21). The summed E-state index contributed by atoms with van der Waals surface area (Å²) in [5.41, 5.74) is 3.11. The molecule has 118 valence electrons. The van der Waals surface area contributed by atoms with E-state index in [0.717, 1.165) is 53.6 Å². The summed E-state index contributed by atoms with van der Waals surface area (Å²) in [5.74, 6) is 1.62. The van der Waals surface area contributed by atoms with Gasteiger partial charge in [-0.05, 0) is 56.2 Å². The van der Waals surface area contributed by atoms with Crippen LogP contribution in [0.1, 0.15) is 50.2 Å². The lowest BCUT2D eigenvalue weighted by Crippen LogP contribution is -2.19. The van der Waals surface area contributed by atoms with Gasteiger partial charge in [0, 0.05) is 17.0 Å². The van der Waals surface area contributed by atoms with Gasteiger partial charge in [0.2, 0.25) is 5.56 Å². The number of pyridine rings is 1. The Kier molecular flexibility index (Phi) is 4.51. The van der Waals surface area contributed by atoms with Gasteiger partial charge in [-0.3, -0.25) is 4.79 Å². The number of H-pyrrole nitrogens is 1. The summed E-state index contributed by atoms with van der Waals surface area (Å²) in [5, 5.41) is 1.15. The Hall–Kier alpha value is -1.77. The zero-order valence-electron chi connectivity index (χ0n) is 13.6. The van der Waals surface area contributed by atoms with Gasteiger partial charge in [0.1, 0.15) is 5.75 Å². The van der Waals surface area contributed by atoms with Crippen molar-refractivity contribution in [3.63, 3.8) is 0 Å². The van der Waals surface area contributed by atoms with Gasteiger partial charge in [-0.1, -0.05) is 19.8 Å². The van der Waals surface area contributed by atoms with E-state index in [2.05, 4.69) is 24.0 Å². The number of fused-ring (bicyclic) bond motifs is 1. The molecule has 0 bridgehead atoms. The average molecular weight is 299 g/mol. The summed E-state index contributed by atoms with van der Waals surface area (Å²) >= 11 is 0. The first kappa shape index (κ1) is 15.1. The van der Waals surface area contributed by atoms with Crippen LogP contribution < -0.4 is 10.3 Å². The third-order valence-corrected chi connectivity index (χ3v) is 4.81. The van der Waals surface area contributed by atoms with E-state index in [4.69, 9.17) is 4.74 Å². The minimum Gasteiger partial charge on any atom is -0.493 e. The van der Waals surface area contributed by atoms with Gasteiger partial charge in [-0.15, -0.1) is 0 Å². The van der Waals surface area contributed by atoms with Crippen LogP contribution in [0.2, 0.25) is 0 Å². The van der Waals surface area contributed by atoms with E-state index in [1.54, 1.807) is 6.07 Å². The van der Waals surface area contributed by atoms with Crippen molar-refractivity contribution in [2.24, 2.45) is 5.92 Å². The predicted molar refractivity (Wildman–Crippen MR) is 90.8 cm³/mol. The summed E-state index contributed by atoms with van der Waals surface area (Å²) in [6.45, 7) is 5.01. The smallest absolute Gasteiger partial charge is 0.248 e. The number of unbranched alkanes of at least 4 members (excludes halogenated alkanes) is 1. The van der Waals surface area contributed by atoms with Crippen LogP contribution in [0, 0.1) is 12.8 Å². The van der Waals surface area contributed by atoms with Crippen LogP contribution >= 0.6 is 0 Å². The minimum atomic E-state index is -0.0159. The van der Waals surface area contributed by atoms with Gasteiger partial charge < -0.3 is 9.72 Å². The Bertz CT molecular complexity index is 713. The molecule has 2 aromatic rings. The molecule has 1 aliphatic carbocycles. The quantitative estimate of drug-likeness (QED) is 0.861. The summed E-state index contributed by atoms with van der Waals surface area (Å²) in [6, 6.07) is 5.90. The van der Waals surface area contributed by atoms with Crippen LogP contribution in [-0.4, -0.2) is 11.6 Å². The molecule has 1 N–H and O–H groups in total. The van der Waals surface area contributed by atoms with E-state index in [-0.39, 0.29) is 5.56 Å². The van der Waals surface area contributed by atoms with Crippen molar-refractivity contribution >= 4 is 10.9 Å². The number of ether oxygens (including phenoxy) is 1. The first-order valence-electron chi connectivity index (χ1n) is 8.47. The monoisotopic (exact) mass is 299 g/mol. The highest BCUT2D eigenvalue weighted by molar-refractivity contribution is 5.86. The third-order valence-electron chi connectivity index (χ3n) is 4.81. The molecule has 1 aliphatic rings. The maximum absolute atomic E-state index is 12.0.